The van der Waals surface area contributed by atoms with Crippen molar-refractivity contribution in [1.29, 1.82) is 0 Å². The van der Waals surface area contributed by atoms with Gasteiger partial charge in [-0.3, -0.25) is 0 Å². The molecule has 0 spiro atoms. The first kappa shape index (κ1) is 22.9. The van der Waals surface area contributed by atoms with E-state index in [0.29, 0.717) is 48.0 Å². The Bertz CT molecular complexity index is 1160. The predicted octanol–water partition coefficient (Wildman–Crippen LogP) is 3.46. The van der Waals surface area contributed by atoms with Crippen molar-refractivity contribution in [3.05, 3.63) is 60.6 Å². The molecule has 0 bridgehead atoms. The smallest absolute Gasteiger partial charge is 0.407 e. The molecule has 11 heteroatoms. The summed E-state index contributed by atoms with van der Waals surface area (Å²) in [6, 6.07) is 11.8. The van der Waals surface area contributed by atoms with Crippen molar-refractivity contribution in [2.45, 2.75) is 19.1 Å². The number of carbonyl (C=O) groups is 2. The highest BCUT2D eigenvalue weighted by Gasteiger charge is 2.19. The predicted molar refractivity (Wildman–Crippen MR) is 123 cm³/mol. The van der Waals surface area contributed by atoms with E-state index in [1.807, 2.05) is 6.07 Å². The average molecular weight is 467 g/mol. The topological polar surface area (TPSA) is 136 Å². The number of methoxy groups -OCH3 is 1. The van der Waals surface area contributed by atoms with Crippen LogP contribution in [0.3, 0.4) is 0 Å². The molecule has 178 valence electrons. The third-order valence-corrected chi connectivity index (χ3v) is 5.09. The number of anilines is 2. The molecule has 0 aliphatic carbocycles. The van der Waals surface area contributed by atoms with Gasteiger partial charge in [-0.15, -0.1) is 0 Å². The van der Waals surface area contributed by atoms with Gasteiger partial charge < -0.3 is 35.4 Å². The minimum atomic E-state index is -0.505. The van der Waals surface area contributed by atoms with Gasteiger partial charge in [-0.25, -0.2) is 14.6 Å². The number of imidazole rings is 1. The lowest BCUT2D eigenvalue weighted by molar-refractivity contribution is 0.0828. The lowest BCUT2D eigenvalue weighted by Gasteiger charge is -2.13. The van der Waals surface area contributed by atoms with Crippen LogP contribution < -0.4 is 20.7 Å². The van der Waals surface area contributed by atoms with Gasteiger partial charge in [0.25, 0.3) is 0 Å². The van der Waals surface area contributed by atoms with Crippen LogP contribution in [0.1, 0.15) is 12.0 Å². The zero-order valence-electron chi connectivity index (χ0n) is 18.5. The van der Waals surface area contributed by atoms with Gasteiger partial charge in [-0.05, 0) is 29.8 Å². The molecule has 0 saturated carbocycles. The van der Waals surface area contributed by atoms with Crippen LogP contribution in [0.2, 0.25) is 0 Å². The average Bonchev–Trinajstić information content (AvgIpc) is 3.49. The maximum Gasteiger partial charge on any atom is 0.407 e. The molecule has 1 fully saturated rings. The van der Waals surface area contributed by atoms with E-state index >= 15 is 0 Å². The summed E-state index contributed by atoms with van der Waals surface area (Å²) in [5.74, 6) is 0.487. The molecule has 1 saturated heterocycles. The number of amides is 3. The highest BCUT2D eigenvalue weighted by atomic mass is 16.6. The third kappa shape index (κ3) is 5.95. The van der Waals surface area contributed by atoms with Crippen LogP contribution in [0.5, 0.6) is 5.75 Å². The normalized spacial score (nSPS) is 14.9. The molecule has 2 aromatic carbocycles. The molecule has 4 N–H and O–H groups in total. The number of alkyl carbamates (subject to hydrolysis) is 1. The summed E-state index contributed by atoms with van der Waals surface area (Å²) in [5.41, 5.74) is 3.07. The van der Waals surface area contributed by atoms with Gasteiger partial charge in [0.15, 0.2) is 0 Å². The van der Waals surface area contributed by atoms with Crippen molar-refractivity contribution in [2.24, 2.45) is 0 Å². The Hall–Kier alpha value is -4.25. The SMILES string of the molecule is COc1cc(NC(=O)Nc2cccc(CNC(=O)O[C@H]3CCOC3)c2)ccc1-c1cn(O)cn1. The molecule has 3 aromatic rings. The first-order valence-electron chi connectivity index (χ1n) is 10.6. The van der Waals surface area contributed by atoms with Gasteiger partial charge in [0.1, 0.15) is 18.2 Å². The van der Waals surface area contributed by atoms with E-state index in [1.54, 1.807) is 36.4 Å². The standard InChI is InChI=1S/C23H25N5O6/c1-32-21-10-17(5-6-19(21)20-12-28(31)14-25-20)27-22(29)26-16-4-2-3-15(9-16)11-24-23(30)34-18-7-8-33-13-18/h2-6,9-10,12,14,18,31H,7-8,11,13H2,1H3,(H,24,30)(H2,26,27,29)/t18-/m0/s1. The molecular weight excluding hydrogens is 442 g/mol. The Kier molecular flexibility index (Phi) is 7.13. The molecule has 1 aliphatic heterocycles. The van der Waals surface area contributed by atoms with Crippen molar-refractivity contribution in [1.82, 2.24) is 15.0 Å². The first-order valence-corrected chi connectivity index (χ1v) is 10.6. The lowest BCUT2D eigenvalue weighted by Crippen LogP contribution is -2.28. The van der Waals surface area contributed by atoms with Gasteiger partial charge in [0.2, 0.25) is 0 Å². The summed E-state index contributed by atoms with van der Waals surface area (Å²) < 4.78 is 16.7. The minimum absolute atomic E-state index is 0.212. The van der Waals surface area contributed by atoms with Gasteiger partial charge in [0, 0.05) is 36.0 Å². The van der Waals surface area contributed by atoms with Gasteiger partial charge in [-0.1, -0.05) is 12.1 Å². The largest absolute Gasteiger partial charge is 0.496 e. The van der Waals surface area contributed by atoms with Crippen molar-refractivity contribution < 1.29 is 29.0 Å². The quantitative estimate of drug-likeness (QED) is 0.391. The molecule has 1 atom stereocenters. The number of urea groups is 1. The molecule has 2 heterocycles. The van der Waals surface area contributed by atoms with E-state index in [0.717, 1.165) is 10.3 Å². The zero-order valence-corrected chi connectivity index (χ0v) is 18.5. The van der Waals surface area contributed by atoms with Crippen LogP contribution in [-0.2, 0) is 16.0 Å². The Labute approximate surface area is 195 Å². The van der Waals surface area contributed by atoms with Crippen LogP contribution in [0.4, 0.5) is 21.0 Å². The van der Waals surface area contributed by atoms with E-state index < -0.39 is 12.1 Å². The Balaban J connectivity index is 1.32. The maximum absolute atomic E-state index is 12.5. The van der Waals surface area contributed by atoms with Crippen molar-refractivity contribution in [2.75, 3.05) is 31.0 Å². The van der Waals surface area contributed by atoms with Gasteiger partial charge in [0.05, 0.1) is 32.2 Å². The summed E-state index contributed by atoms with van der Waals surface area (Å²) in [5, 5.41) is 17.7. The molecule has 0 radical (unpaired) electrons. The number of benzene rings is 2. The molecule has 0 unspecified atom stereocenters. The number of carbonyl (C=O) groups excluding carboxylic acids is 2. The van der Waals surface area contributed by atoms with E-state index in [1.165, 1.54) is 19.6 Å². The summed E-state index contributed by atoms with van der Waals surface area (Å²) in [6.07, 6.45) is 2.70. The fourth-order valence-corrected chi connectivity index (χ4v) is 3.46. The Morgan fingerprint density at radius 2 is 2.03 bits per heavy atom. The second-order valence-electron chi connectivity index (χ2n) is 7.58. The van der Waals surface area contributed by atoms with Crippen LogP contribution in [0.25, 0.3) is 11.3 Å². The van der Waals surface area contributed by atoms with E-state index in [2.05, 4.69) is 20.9 Å². The molecule has 3 amide bonds. The third-order valence-electron chi connectivity index (χ3n) is 5.09. The number of nitrogens with zero attached hydrogens (tertiary/aromatic N) is 2. The first-order chi connectivity index (χ1) is 16.5. The van der Waals surface area contributed by atoms with Crippen molar-refractivity contribution in [3.63, 3.8) is 0 Å². The van der Waals surface area contributed by atoms with Gasteiger partial charge in [-0.2, -0.15) is 4.73 Å². The maximum atomic E-state index is 12.5. The van der Waals surface area contributed by atoms with Gasteiger partial charge >= 0.3 is 12.1 Å². The number of hydrogen-bond acceptors (Lipinski definition) is 7. The zero-order chi connectivity index (χ0) is 23.9. The summed E-state index contributed by atoms with van der Waals surface area (Å²) in [7, 11) is 1.51. The number of ether oxygens (including phenoxy) is 3. The van der Waals surface area contributed by atoms with Crippen molar-refractivity contribution in [3.8, 4) is 17.0 Å². The fraction of sp³-hybridized carbons (Fsp3) is 0.261. The second kappa shape index (κ2) is 10.6. The Morgan fingerprint density at radius 3 is 2.74 bits per heavy atom. The van der Waals surface area contributed by atoms with Crippen LogP contribution in [0.15, 0.2) is 55.0 Å². The highest BCUT2D eigenvalue weighted by molar-refractivity contribution is 6.00. The van der Waals surface area contributed by atoms with Crippen LogP contribution in [0, 0.1) is 0 Å². The molecule has 1 aromatic heterocycles. The highest BCUT2D eigenvalue weighted by Crippen LogP contribution is 2.31. The van der Waals surface area contributed by atoms with E-state index in [9.17, 15) is 14.8 Å². The van der Waals surface area contributed by atoms with Crippen LogP contribution in [-0.4, -0.2) is 53.5 Å². The second-order valence-corrected chi connectivity index (χ2v) is 7.58. The molecule has 34 heavy (non-hydrogen) atoms. The summed E-state index contributed by atoms with van der Waals surface area (Å²) in [6.45, 7) is 1.27. The Morgan fingerprint density at radius 1 is 1.21 bits per heavy atom. The molecule has 1 aliphatic rings. The lowest BCUT2D eigenvalue weighted by atomic mass is 10.1. The molecular formula is C23H25N5O6. The molecule has 4 rings (SSSR count). The van der Waals surface area contributed by atoms with Crippen molar-refractivity contribution >= 4 is 23.5 Å². The van der Waals surface area contributed by atoms with Crippen LogP contribution >= 0.6 is 0 Å². The fourth-order valence-electron chi connectivity index (χ4n) is 3.46. The summed E-state index contributed by atoms with van der Waals surface area (Å²) in [4.78, 5) is 28.5. The van der Waals surface area contributed by atoms with E-state index in [4.69, 9.17) is 14.2 Å². The number of rotatable bonds is 7. The van der Waals surface area contributed by atoms with E-state index in [-0.39, 0.29) is 12.6 Å². The minimum Gasteiger partial charge on any atom is -0.496 e. The number of aromatic nitrogens is 2. The number of hydrogen-bond donors (Lipinski definition) is 4. The summed E-state index contributed by atoms with van der Waals surface area (Å²) >= 11 is 0. The monoisotopic (exact) mass is 467 g/mol. The number of nitrogens with one attached hydrogen (secondary N) is 3. The molecule has 11 nitrogen and oxygen atoms in total.